The van der Waals surface area contributed by atoms with Gasteiger partial charge in [-0.2, -0.15) is 0 Å². The van der Waals surface area contributed by atoms with E-state index < -0.39 is 0 Å². The van der Waals surface area contributed by atoms with Gasteiger partial charge in [0.1, 0.15) is 11.6 Å². The summed E-state index contributed by atoms with van der Waals surface area (Å²) in [5, 5.41) is 5.73. The first-order valence-corrected chi connectivity index (χ1v) is 11.6. The molecule has 0 unspecified atom stereocenters. The van der Waals surface area contributed by atoms with Crippen molar-refractivity contribution < 1.29 is 18.7 Å². The van der Waals surface area contributed by atoms with Crippen molar-refractivity contribution in [1.29, 1.82) is 0 Å². The minimum atomic E-state index is -0.331. The van der Waals surface area contributed by atoms with Crippen LogP contribution in [0.5, 0.6) is 0 Å². The summed E-state index contributed by atoms with van der Waals surface area (Å²) >= 11 is 0. The molecule has 8 heteroatoms. The number of carbonyl (C=O) groups is 2. The van der Waals surface area contributed by atoms with Crippen molar-refractivity contribution in [3.63, 3.8) is 0 Å². The Labute approximate surface area is 197 Å². The fourth-order valence-corrected chi connectivity index (χ4v) is 4.97. The third-order valence-electron chi connectivity index (χ3n) is 6.50. The molecule has 176 valence electrons. The van der Waals surface area contributed by atoms with Crippen LogP contribution in [0.2, 0.25) is 0 Å². The van der Waals surface area contributed by atoms with Crippen molar-refractivity contribution in [2.45, 2.75) is 32.7 Å². The average molecular weight is 463 g/mol. The van der Waals surface area contributed by atoms with Gasteiger partial charge in [-0.3, -0.25) is 9.59 Å². The van der Waals surface area contributed by atoms with Crippen molar-refractivity contribution in [2.24, 2.45) is 5.92 Å². The normalized spacial score (nSPS) is 16.1. The summed E-state index contributed by atoms with van der Waals surface area (Å²) in [6.07, 6.45) is 4.28. The number of ether oxygens (including phenoxy) is 1. The molecule has 1 fully saturated rings. The van der Waals surface area contributed by atoms with Gasteiger partial charge in [-0.15, -0.1) is 0 Å². The number of nitrogens with one attached hydrogen (secondary N) is 2. The number of benzene rings is 1. The third-order valence-corrected chi connectivity index (χ3v) is 6.50. The lowest BCUT2D eigenvalue weighted by Crippen LogP contribution is -2.33. The summed E-state index contributed by atoms with van der Waals surface area (Å²) in [7, 11) is 0. The summed E-state index contributed by atoms with van der Waals surface area (Å²) in [5.41, 5.74) is 4.90. The molecule has 2 aliphatic heterocycles. The Morgan fingerprint density at radius 3 is 2.68 bits per heavy atom. The summed E-state index contributed by atoms with van der Waals surface area (Å²) in [6.45, 7) is 4.23. The number of rotatable bonds is 5. The smallest absolute Gasteiger partial charge is 0.253 e. The Balaban J connectivity index is 1.75. The van der Waals surface area contributed by atoms with E-state index in [1.165, 1.54) is 19.1 Å². The van der Waals surface area contributed by atoms with E-state index in [-0.39, 0.29) is 17.6 Å². The van der Waals surface area contributed by atoms with Gasteiger partial charge in [-0.1, -0.05) is 12.1 Å². The molecule has 0 spiro atoms. The van der Waals surface area contributed by atoms with Crippen molar-refractivity contribution in [1.82, 2.24) is 14.9 Å². The van der Waals surface area contributed by atoms with Crippen molar-refractivity contribution in [3.8, 4) is 22.4 Å². The van der Waals surface area contributed by atoms with E-state index in [1.54, 1.807) is 18.3 Å². The number of aromatic nitrogens is 2. The predicted molar refractivity (Wildman–Crippen MR) is 127 cm³/mol. The zero-order valence-corrected chi connectivity index (χ0v) is 19.1. The average Bonchev–Trinajstić information content (AvgIpc) is 3.15. The topological polar surface area (TPSA) is 85.3 Å². The molecular weight excluding hydrogens is 435 g/mol. The van der Waals surface area contributed by atoms with Crippen LogP contribution in [-0.4, -0.2) is 41.1 Å². The number of hydrogen-bond acceptors (Lipinski definition) is 4. The number of hydrogen-bond donors (Lipinski definition) is 2. The Kier molecular flexibility index (Phi) is 6.15. The molecule has 0 bridgehead atoms. The van der Waals surface area contributed by atoms with E-state index in [0.717, 1.165) is 60.7 Å². The quantitative estimate of drug-likeness (QED) is 0.600. The van der Waals surface area contributed by atoms with Gasteiger partial charge in [-0.25, -0.2) is 9.37 Å². The highest BCUT2D eigenvalue weighted by molar-refractivity contribution is 6.07. The number of carbonyl (C=O) groups excluding carboxylic acids is 2. The van der Waals surface area contributed by atoms with E-state index >= 15 is 0 Å². The van der Waals surface area contributed by atoms with Crippen LogP contribution < -0.4 is 10.6 Å². The van der Waals surface area contributed by atoms with E-state index in [9.17, 15) is 14.0 Å². The Bertz CT molecular complexity index is 1230. The van der Waals surface area contributed by atoms with E-state index in [2.05, 4.69) is 20.2 Å². The molecule has 0 saturated carbocycles. The second-order valence-electron chi connectivity index (χ2n) is 8.84. The largest absolute Gasteiger partial charge is 0.381 e. The Morgan fingerprint density at radius 2 is 1.94 bits per heavy atom. The van der Waals surface area contributed by atoms with Crippen LogP contribution in [0.25, 0.3) is 22.4 Å². The fraction of sp³-hybridized carbons (Fsp3) is 0.346. The highest BCUT2D eigenvalue weighted by Crippen LogP contribution is 2.42. The highest BCUT2D eigenvalue weighted by Gasteiger charge is 2.32. The van der Waals surface area contributed by atoms with E-state index in [0.29, 0.717) is 30.3 Å². The van der Waals surface area contributed by atoms with Crippen LogP contribution in [0.1, 0.15) is 35.8 Å². The number of fused-ring (bicyclic) bond motifs is 1. The third kappa shape index (κ3) is 4.33. The maximum atomic E-state index is 13.8. The van der Waals surface area contributed by atoms with Crippen molar-refractivity contribution in [2.75, 3.05) is 25.1 Å². The molecule has 0 atom stereocenters. The fourth-order valence-electron chi connectivity index (χ4n) is 4.97. The summed E-state index contributed by atoms with van der Waals surface area (Å²) in [5.74, 6) is 0.202. The minimum Gasteiger partial charge on any atom is -0.381 e. The standard InChI is InChI=1S/C26H27FN4O3/c1-16(32)30-22-14-19(6-10-28-22)25-23(18-2-4-20(27)5-3-18)24-21(7-11-29-26(24)33)31(25)15-17-8-12-34-13-9-17/h2-6,10,14,17H,7-9,11-13,15H2,1H3,(H,29,33)(H,28,30,32). The molecule has 5 rings (SSSR count). The number of nitrogens with zero attached hydrogens (tertiary/aromatic N) is 2. The molecule has 3 aromatic rings. The molecule has 0 radical (unpaired) electrons. The van der Waals surface area contributed by atoms with Crippen molar-refractivity contribution in [3.05, 3.63) is 59.7 Å². The molecule has 34 heavy (non-hydrogen) atoms. The molecule has 2 aliphatic rings. The van der Waals surface area contributed by atoms with Crippen LogP contribution in [0, 0.1) is 11.7 Å². The monoisotopic (exact) mass is 462 g/mol. The van der Waals surface area contributed by atoms with Crippen LogP contribution in [0.3, 0.4) is 0 Å². The molecule has 0 aliphatic carbocycles. The second kappa shape index (κ2) is 9.38. The lowest BCUT2D eigenvalue weighted by Gasteiger charge is -2.26. The maximum Gasteiger partial charge on any atom is 0.253 e. The molecule has 2 aromatic heterocycles. The molecule has 1 aromatic carbocycles. The zero-order chi connectivity index (χ0) is 23.7. The SMILES string of the molecule is CC(=O)Nc1cc(-c2c(-c3ccc(F)cc3)c3c(n2CC2CCOCC2)CCNC3=O)ccn1. The van der Waals surface area contributed by atoms with Crippen LogP contribution >= 0.6 is 0 Å². The number of amides is 2. The van der Waals surface area contributed by atoms with Gasteiger partial charge in [0, 0.05) is 62.7 Å². The van der Waals surface area contributed by atoms with Gasteiger partial charge >= 0.3 is 0 Å². The van der Waals surface area contributed by atoms with Gasteiger partial charge in [-0.05, 0) is 48.6 Å². The van der Waals surface area contributed by atoms with Crippen molar-refractivity contribution >= 4 is 17.6 Å². The molecule has 1 saturated heterocycles. The Hall–Kier alpha value is -3.52. The van der Waals surface area contributed by atoms with Crippen LogP contribution in [0.15, 0.2) is 42.6 Å². The number of pyridine rings is 1. The van der Waals surface area contributed by atoms with Gasteiger partial charge in [0.05, 0.1) is 11.3 Å². The van der Waals surface area contributed by atoms with Gasteiger partial charge in [0.2, 0.25) is 5.91 Å². The predicted octanol–water partition coefficient (Wildman–Crippen LogP) is 4.03. The van der Waals surface area contributed by atoms with Crippen LogP contribution in [-0.2, 0) is 22.5 Å². The van der Waals surface area contributed by atoms with Gasteiger partial charge in [0.15, 0.2) is 0 Å². The first-order chi connectivity index (χ1) is 16.5. The minimum absolute atomic E-state index is 0.122. The lowest BCUT2D eigenvalue weighted by atomic mass is 9.95. The van der Waals surface area contributed by atoms with Crippen LogP contribution in [0.4, 0.5) is 10.2 Å². The first kappa shape index (κ1) is 22.3. The second-order valence-corrected chi connectivity index (χ2v) is 8.84. The molecule has 2 N–H and O–H groups in total. The van der Waals surface area contributed by atoms with Gasteiger partial charge in [0.25, 0.3) is 5.91 Å². The number of halogens is 1. The molecular formula is C26H27FN4O3. The maximum absolute atomic E-state index is 13.8. The summed E-state index contributed by atoms with van der Waals surface area (Å²) in [6, 6.07) is 9.97. The number of anilines is 1. The molecule has 7 nitrogen and oxygen atoms in total. The van der Waals surface area contributed by atoms with E-state index in [1.807, 2.05) is 12.1 Å². The summed E-state index contributed by atoms with van der Waals surface area (Å²) in [4.78, 5) is 29.1. The van der Waals surface area contributed by atoms with Gasteiger partial charge < -0.3 is 19.9 Å². The lowest BCUT2D eigenvalue weighted by molar-refractivity contribution is -0.114. The highest BCUT2D eigenvalue weighted by atomic mass is 19.1. The summed E-state index contributed by atoms with van der Waals surface area (Å²) < 4.78 is 21.6. The zero-order valence-electron chi connectivity index (χ0n) is 19.1. The Morgan fingerprint density at radius 1 is 1.18 bits per heavy atom. The van der Waals surface area contributed by atoms with E-state index in [4.69, 9.17) is 4.74 Å². The molecule has 4 heterocycles. The molecule has 2 amide bonds. The first-order valence-electron chi connectivity index (χ1n) is 11.6.